The molecule has 1 aliphatic rings. The van der Waals surface area contributed by atoms with Crippen molar-refractivity contribution in [3.63, 3.8) is 0 Å². The highest BCUT2D eigenvalue weighted by Gasteiger charge is 2.27. The Bertz CT molecular complexity index is 560. The highest BCUT2D eigenvalue weighted by atomic mass is 35.5. The fraction of sp³-hybridized carbons (Fsp3) is 0.471. The number of nitrogens with one attached hydrogen (secondary N) is 1. The van der Waals surface area contributed by atoms with Crippen LogP contribution in [0.25, 0.3) is 0 Å². The fourth-order valence-corrected chi connectivity index (χ4v) is 2.96. The third-order valence-electron chi connectivity index (χ3n) is 3.55. The predicted molar refractivity (Wildman–Crippen MR) is 102 cm³/mol. The van der Waals surface area contributed by atoms with E-state index in [0.717, 1.165) is 6.42 Å². The molecule has 1 amide bonds. The lowest BCUT2D eigenvalue weighted by molar-refractivity contribution is -0.0158. The highest BCUT2D eigenvalue weighted by Crippen LogP contribution is 2.36. The van der Waals surface area contributed by atoms with E-state index in [-0.39, 0.29) is 17.3 Å². The Hall–Kier alpha value is -1.25. The van der Waals surface area contributed by atoms with Gasteiger partial charge < -0.3 is 25.6 Å². The van der Waals surface area contributed by atoms with Crippen molar-refractivity contribution in [3.8, 4) is 5.75 Å². The second-order valence-electron chi connectivity index (χ2n) is 5.73. The Morgan fingerprint density at radius 2 is 2.16 bits per heavy atom. The summed E-state index contributed by atoms with van der Waals surface area (Å²) in [5.74, 6) is 0.212. The number of thioether (sulfide) groups is 1. The summed E-state index contributed by atoms with van der Waals surface area (Å²) in [5, 5.41) is 15.1. The van der Waals surface area contributed by atoms with Gasteiger partial charge in [-0.05, 0) is 36.6 Å². The summed E-state index contributed by atoms with van der Waals surface area (Å²) in [6.07, 6.45) is 2.38. The smallest absolute Gasteiger partial charge is 0.248 e. The molecule has 0 spiro atoms. The number of hydrogen-bond donors (Lipinski definition) is 3. The first-order valence-corrected chi connectivity index (χ1v) is 8.75. The van der Waals surface area contributed by atoms with Gasteiger partial charge >= 0.3 is 0 Å². The number of aliphatic hydroxyl groups is 1. The molecule has 0 radical (unpaired) electrons. The van der Waals surface area contributed by atoms with E-state index in [0.29, 0.717) is 37.6 Å². The molecule has 0 bridgehead atoms. The van der Waals surface area contributed by atoms with E-state index in [1.165, 1.54) is 0 Å². The Morgan fingerprint density at radius 3 is 2.76 bits per heavy atom. The number of hydrogen-bond acceptors (Lipinski definition) is 6. The number of aliphatic hydroxyl groups excluding tert-OH is 1. The summed E-state index contributed by atoms with van der Waals surface area (Å²) in [5.41, 5.74) is 5.63. The van der Waals surface area contributed by atoms with Gasteiger partial charge in [0.2, 0.25) is 5.91 Å². The lowest BCUT2D eigenvalue weighted by Gasteiger charge is -2.25. The maximum absolute atomic E-state index is 11.0. The van der Waals surface area contributed by atoms with Gasteiger partial charge in [0.15, 0.2) is 0 Å². The average molecular weight is 389 g/mol. The van der Waals surface area contributed by atoms with E-state index < -0.39 is 12.0 Å². The maximum atomic E-state index is 11.0. The lowest BCUT2D eigenvalue weighted by atomic mass is 10.2. The van der Waals surface area contributed by atoms with Gasteiger partial charge in [-0.1, -0.05) is 17.8 Å². The molecule has 140 valence electrons. The number of ether oxygens (including phenoxy) is 2. The summed E-state index contributed by atoms with van der Waals surface area (Å²) in [4.78, 5) is 10.7. The van der Waals surface area contributed by atoms with Crippen LogP contribution in [0.1, 0.15) is 23.7 Å². The van der Waals surface area contributed by atoms with Crippen LogP contribution in [0.2, 0.25) is 0 Å². The van der Waals surface area contributed by atoms with Crippen LogP contribution in [-0.2, 0) is 4.74 Å². The summed E-state index contributed by atoms with van der Waals surface area (Å²) in [6.45, 7) is 3.82. The molecule has 1 aromatic carbocycles. The zero-order valence-electron chi connectivity index (χ0n) is 14.1. The van der Waals surface area contributed by atoms with Gasteiger partial charge in [-0.2, -0.15) is 0 Å². The number of carbonyl (C=O) groups is 1. The molecule has 2 rings (SSSR count). The van der Waals surface area contributed by atoms with E-state index >= 15 is 0 Å². The molecule has 6 nitrogen and oxygen atoms in total. The Morgan fingerprint density at radius 1 is 1.44 bits per heavy atom. The third-order valence-corrected chi connectivity index (χ3v) is 4.66. The van der Waals surface area contributed by atoms with Crippen molar-refractivity contribution in [2.75, 3.05) is 26.3 Å². The monoisotopic (exact) mass is 388 g/mol. The molecule has 1 aliphatic heterocycles. The van der Waals surface area contributed by atoms with Crippen LogP contribution in [0.3, 0.4) is 0 Å². The predicted octanol–water partition coefficient (Wildman–Crippen LogP) is 1.92. The molecular weight excluding hydrogens is 364 g/mol. The first-order chi connectivity index (χ1) is 11.5. The zero-order chi connectivity index (χ0) is 17.4. The van der Waals surface area contributed by atoms with Crippen LogP contribution >= 0.6 is 24.2 Å². The van der Waals surface area contributed by atoms with E-state index in [1.807, 2.05) is 12.3 Å². The minimum Gasteiger partial charge on any atom is -0.492 e. The van der Waals surface area contributed by atoms with Crippen LogP contribution < -0.4 is 15.8 Å². The molecule has 0 saturated carbocycles. The number of amides is 1. The van der Waals surface area contributed by atoms with E-state index in [1.54, 1.807) is 36.0 Å². The normalized spacial score (nSPS) is 20.1. The van der Waals surface area contributed by atoms with Gasteiger partial charge in [-0.25, -0.2) is 0 Å². The van der Waals surface area contributed by atoms with Crippen LogP contribution in [0.15, 0.2) is 35.7 Å². The molecule has 1 aromatic rings. The Labute approximate surface area is 158 Å². The first kappa shape index (κ1) is 21.8. The molecule has 1 heterocycles. The molecule has 4 N–H and O–H groups in total. The number of halogens is 1. The van der Waals surface area contributed by atoms with E-state index in [4.69, 9.17) is 15.2 Å². The maximum Gasteiger partial charge on any atom is 0.248 e. The molecule has 25 heavy (non-hydrogen) atoms. The van der Waals surface area contributed by atoms with Crippen molar-refractivity contribution >= 4 is 30.1 Å². The number of carbonyl (C=O) groups excluding carboxylic acids is 1. The van der Waals surface area contributed by atoms with Crippen molar-refractivity contribution in [1.82, 2.24) is 5.32 Å². The Kier molecular flexibility index (Phi) is 9.31. The third kappa shape index (κ3) is 7.66. The van der Waals surface area contributed by atoms with Gasteiger partial charge in [0, 0.05) is 25.1 Å². The van der Waals surface area contributed by atoms with Crippen LogP contribution in [0.4, 0.5) is 0 Å². The standard InChI is InChI=1S/C17H24N2O4S.ClH/c1-17(7-2-10-24-17)23-12-14(20)11-19-8-9-22-15-5-3-13(4-6-15)16(18)21;/h2-6,10,14,19-20H,7-9,11-12H2,1H3,(H2,18,21);1H. The molecule has 0 fully saturated rings. The SMILES string of the molecule is CC1(OCC(O)CNCCOc2ccc(C(N)=O)cc2)CC=CS1.Cl. The zero-order valence-corrected chi connectivity index (χ0v) is 15.8. The van der Waals surface area contributed by atoms with Crippen molar-refractivity contribution in [3.05, 3.63) is 41.3 Å². The number of rotatable bonds is 10. The molecule has 0 saturated heterocycles. The van der Waals surface area contributed by atoms with Crippen LogP contribution in [0, 0.1) is 0 Å². The highest BCUT2D eigenvalue weighted by molar-refractivity contribution is 8.03. The topological polar surface area (TPSA) is 93.8 Å². The van der Waals surface area contributed by atoms with E-state index in [9.17, 15) is 9.90 Å². The molecule has 8 heteroatoms. The molecule has 0 aliphatic carbocycles. The molecule has 2 unspecified atom stereocenters. The number of benzene rings is 1. The number of nitrogens with two attached hydrogens (primary N) is 1. The Balaban J connectivity index is 0.00000312. The largest absolute Gasteiger partial charge is 0.492 e. The fourth-order valence-electron chi connectivity index (χ4n) is 2.15. The summed E-state index contributed by atoms with van der Waals surface area (Å²) < 4.78 is 11.3. The summed E-state index contributed by atoms with van der Waals surface area (Å²) in [7, 11) is 0. The summed E-state index contributed by atoms with van der Waals surface area (Å²) >= 11 is 1.64. The van der Waals surface area contributed by atoms with Gasteiger partial charge in [0.05, 0.1) is 12.7 Å². The van der Waals surface area contributed by atoms with E-state index in [2.05, 4.69) is 11.4 Å². The average Bonchev–Trinajstić information content (AvgIpc) is 3.00. The van der Waals surface area contributed by atoms with Gasteiger partial charge in [-0.15, -0.1) is 12.4 Å². The second-order valence-corrected chi connectivity index (χ2v) is 7.11. The number of primary amides is 1. The first-order valence-electron chi connectivity index (χ1n) is 7.87. The quantitative estimate of drug-likeness (QED) is 0.530. The minimum absolute atomic E-state index is 0. The van der Waals surface area contributed by atoms with Crippen LogP contribution in [-0.4, -0.2) is 48.4 Å². The van der Waals surface area contributed by atoms with Crippen molar-refractivity contribution in [1.29, 1.82) is 0 Å². The molecule has 2 atom stereocenters. The van der Waals surface area contributed by atoms with Crippen LogP contribution in [0.5, 0.6) is 5.75 Å². The minimum atomic E-state index is -0.558. The second kappa shape index (κ2) is 10.7. The lowest BCUT2D eigenvalue weighted by Crippen LogP contribution is -2.35. The molecular formula is C17H25ClN2O4S. The summed E-state index contributed by atoms with van der Waals surface area (Å²) in [6, 6.07) is 6.67. The molecule has 0 aromatic heterocycles. The van der Waals surface area contributed by atoms with Crippen molar-refractivity contribution in [2.45, 2.75) is 24.4 Å². The van der Waals surface area contributed by atoms with Crippen molar-refractivity contribution < 1.29 is 19.4 Å². The van der Waals surface area contributed by atoms with Gasteiger partial charge in [-0.3, -0.25) is 4.79 Å². The van der Waals surface area contributed by atoms with Gasteiger partial charge in [0.1, 0.15) is 17.3 Å². The van der Waals surface area contributed by atoms with Crippen molar-refractivity contribution in [2.24, 2.45) is 5.73 Å². The van der Waals surface area contributed by atoms with Gasteiger partial charge in [0.25, 0.3) is 0 Å².